The van der Waals surface area contributed by atoms with Crippen LogP contribution < -0.4 is 21.3 Å². The Morgan fingerprint density at radius 2 is 1.95 bits per heavy atom. The lowest BCUT2D eigenvalue weighted by molar-refractivity contribution is 0.241. The van der Waals surface area contributed by atoms with E-state index in [2.05, 4.69) is 17.4 Å². The molecule has 0 heterocycles. The van der Waals surface area contributed by atoms with Gasteiger partial charge in [0, 0.05) is 6.54 Å². The Bertz CT molecular complexity index is 584. The Morgan fingerprint density at radius 3 is 2.68 bits per heavy atom. The Balaban J connectivity index is 2.07. The molecule has 0 aliphatic rings. The summed E-state index contributed by atoms with van der Waals surface area (Å²) in [6.45, 7) is 0.546. The minimum Gasteiger partial charge on any atom is -0.497 e. The van der Waals surface area contributed by atoms with Crippen molar-refractivity contribution in [2.45, 2.75) is 6.42 Å². The quantitative estimate of drug-likeness (QED) is 0.443. The summed E-state index contributed by atoms with van der Waals surface area (Å²) in [6.07, 6.45) is 0.759. The Morgan fingerprint density at radius 1 is 1.21 bits per heavy atom. The van der Waals surface area contributed by atoms with E-state index >= 15 is 0 Å². The van der Waals surface area contributed by atoms with Crippen LogP contribution in [0.2, 0.25) is 0 Å². The number of rotatable bonds is 4. The maximum absolute atomic E-state index is 10.9. The standard InChI is InChI=1S/C14H17N3O2/c1-19-13-5-4-11-8-10(2-3-12(11)9-13)6-7-16-14(18)17-15/h2-5,8-9H,6-7,15H2,1H3,(H2,16,17,18). The van der Waals surface area contributed by atoms with Crippen molar-refractivity contribution in [3.63, 3.8) is 0 Å². The number of benzene rings is 2. The average Bonchev–Trinajstić information content (AvgIpc) is 2.46. The van der Waals surface area contributed by atoms with Gasteiger partial charge in [-0.15, -0.1) is 0 Å². The molecule has 0 radical (unpaired) electrons. The highest BCUT2D eigenvalue weighted by molar-refractivity contribution is 5.84. The number of ether oxygens (including phenoxy) is 1. The number of nitrogens with two attached hydrogens (primary N) is 1. The number of urea groups is 1. The summed E-state index contributed by atoms with van der Waals surface area (Å²) in [7, 11) is 1.66. The third-order valence-corrected chi connectivity index (χ3v) is 2.94. The molecule has 0 atom stereocenters. The fourth-order valence-electron chi connectivity index (χ4n) is 1.93. The number of methoxy groups -OCH3 is 1. The lowest BCUT2D eigenvalue weighted by Crippen LogP contribution is -2.40. The Kier molecular flexibility index (Phi) is 4.20. The van der Waals surface area contributed by atoms with E-state index < -0.39 is 0 Å². The van der Waals surface area contributed by atoms with E-state index in [4.69, 9.17) is 10.6 Å². The van der Waals surface area contributed by atoms with Gasteiger partial charge in [-0.2, -0.15) is 0 Å². The van der Waals surface area contributed by atoms with Crippen molar-refractivity contribution < 1.29 is 9.53 Å². The molecule has 0 fully saturated rings. The van der Waals surface area contributed by atoms with E-state index in [1.807, 2.05) is 29.7 Å². The predicted molar refractivity (Wildman–Crippen MR) is 74.9 cm³/mol. The summed E-state index contributed by atoms with van der Waals surface area (Å²) < 4.78 is 5.19. The van der Waals surface area contributed by atoms with E-state index in [1.54, 1.807) is 7.11 Å². The summed E-state index contributed by atoms with van der Waals surface area (Å²) in [4.78, 5) is 10.9. The molecule has 0 saturated carbocycles. The molecule has 2 rings (SSSR count). The SMILES string of the molecule is COc1ccc2cc(CCNC(=O)NN)ccc2c1. The molecule has 2 amide bonds. The van der Waals surface area contributed by atoms with Crippen LogP contribution in [0, 0.1) is 0 Å². The Labute approximate surface area is 111 Å². The molecule has 5 heteroatoms. The van der Waals surface area contributed by atoms with Gasteiger partial charge in [0.05, 0.1) is 7.11 Å². The number of hydrazine groups is 1. The summed E-state index contributed by atoms with van der Waals surface area (Å²) in [5, 5.41) is 4.94. The van der Waals surface area contributed by atoms with Gasteiger partial charge in [-0.3, -0.25) is 5.43 Å². The highest BCUT2D eigenvalue weighted by atomic mass is 16.5. The largest absolute Gasteiger partial charge is 0.497 e. The van der Waals surface area contributed by atoms with Crippen molar-refractivity contribution >= 4 is 16.8 Å². The molecule has 2 aromatic carbocycles. The highest BCUT2D eigenvalue weighted by Crippen LogP contribution is 2.21. The molecule has 4 N–H and O–H groups in total. The zero-order chi connectivity index (χ0) is 13.7. The summed E-state index contributed by atoms with van der Waals surface area (Å²) in [5.74, 6) is 5.83. The molecule has 2 aromatic rings. The predicted octanol–water partition coefficient (Wildman–Crippen LogP) is 1.56. The second kappa shape index (κ2) is 6.06. The minimum atomic E-state index is -0.370. The van der Waals surface area contributed by atoms with Crippen LogP contribution in [-0.4, -0.2) is 19.7 Å². The topological polar surface area (TPSA) is 76.4 Å². The molecule has 0 unspecified atom stereocenters. The molecular formula is C14H17N3O2. The van der Waals surface area contributed by atoms with Crippen molar-refractivity contribution in [2.75, 3.05) is 13.7 Å². The zero-order valence-corrected chi connectivity index (χ0v) is 10.8. The number of nitrogens with one attached hydrogen (secondary N) is 2. The van der Waals surface area contributed by atoms with Crippen LogP contribution in [0.15, 0.2) is 36.4 Å². The first kappa shape index (κ1) is 13.2. The second-order valence-electron chi connectivity index (χ2n) is 4.20. The normalized spacial score (nSPS) is 10.2. The van der Waals surface area contributed by atoms with Gasteiger partial charge in [0.15, 0.2) is 0 Å². The maximum Gasteiger partial charge on any atom is 0.328 e. The number of fused-ring (bicyclic) bond motifs is 1. The molecule has 0 aromatic heterocycles. The first-order valence-corrected chi connectivity index (χ1v) is 6.04. The zero-order valence-electron chi connectivity index (χ0n) is 10.8. The molecule has 0 bridgehead atoms. The van der Waals surface area contributed by atoms with E-state index in [0.717, 1.165) is 28.5 Å². The number of carbonyl (C=O) groups is 1. The van der Waals surface area contributed by atoms with E-state index in [0.29, 0.717) is 6.54 Å². The number of hydrogen-bond acceptors (Lipinski definition) is 3. The first-order valence-electron chi connectivity index (χ1n) is 6.04. The van der Waals surface area contributed by atoms with Crippen LogP contribution in [-0.2, 0) is 6.42 Å². The third-order valence-electron chi connectivity index (χ3n) is 2.94. The summed E-state index contributed by atoms with van der Waals surface area (Å²) in [5.41, 5.74) is 3.19. The molecule has 19 heavy (non-hydrogen) atoms. The molecule has 5 nitrogen and oxygen atoms in total. The minimum absolute atomic E-state index is 0.370. The van der Waals surface area contributed by atoms with Crippen molar-refractivity contribution in [3.8, 4) is 5.75 Å². The first-order chi connectivity index (χ1) is 9.22. The smallest absolute Gasteiger partial charge is 0.328 e. The molecule has 0 aliphatic heterocycles. The number of carbonyl (C=O) groups excluding carboxylic acids is 1. The maximum atomic E-state index is 10.9. The van der Waals surface area contributed by atoms with Crippen LogP contribution in [0.3, 0.4) is 0 Å². The van der Waals surface area contributed by atoms with Gasteiger partial charge in [0.2, 0.25) is 0 Å². The van der Waals surface area contributed by atoms with E-state index in [1.165, 1.54) is 0 Å². The van der Waals surface area contributed by atoms with Gasteiger partial charge in [0.1, 0.15) is 5.75 Å². The van der Waals surface area contributed by atoms with Crippen LogP contribution >= 0.6 is 0 Å². The van der Waals surface area contributed by atoms with Crippen molar-refractivity contribution in [1.29, 1.82) is 0 Å². The van der Waals surface area contributed by atoms with Crippen LogP contribution in [0.1, 0.15) is 5.56 Å². The fourth-order valence-corrected chi connectivity index (χ4v) is 1.93. The Hall–Kier alpha value is -2.27. The van der Waals surface area contributed by atoms with Crippen molar-refractivity contribution in [1.82, 2.24) is 10.7 Å². The van der Waals surface area contributed by atoms with Gasteiger partial charge in [-0.1, -0.05) is 24.3 Å². The molecule has 0 spiro atoms. The van der Waals surface area contributed by atoms with Crippen molar-refractivity contribution in [3.05, 3.63) is 42.0 Å². The van der Waals surface area contributed by atoms with Gasteiger partial charge in [-0.05, 0) is 34.9 Å². The lowest BCUT2D eigenvalue weighted by atomic mass is 10.0. The highest BCUT2D eigenvalue weighted by Gasteiger charge is 2.00. The van der Waals surface area contributed by atoms with Gasteiger partial charge >= 0.3 is 6.03 Å². The van der Waals surface area contributed by atoms with Gasteiger partial charge in [-0.25, -0.2) is 10.6 Å². The number of amides is 2. The van der Waals surface area contributed by atoms with E-state index in [9.17, 15) is 4.79 Å². The van der Waals surface area contributed by atoms with Crippen LogP contribution in [0.25, 0.3) is 10.8 Å². The molecule has 0 saturated heterocycles. The average molecular weight is 259 g/mol. The van der Waals surface area contributed by atoms with Gasteiger partial charge < -0.3 is 10.1 Å². The molecule has 0 aliphatic carbocycles. The monoisotopic (exact) mass is 259 g/mol. The third kappa shape index (κ3) is 3.35. The number of hydrogen-bond donors (Lipinski definition) is 3. The fraction of sp³-hybridized carbons (Fsp3) is 0.214. The van der Waals surface area contributed by atoms with Crippen molar-refractivity contribution in [2.24, 2.45) is 5.84 Å². The molecular weight excluding hydrogens is 242 g/mol. The van der Waals surface area contributed by atoms with Gasteiger partial charge in [0.25, 0.3) is 0 Å². The molecule has 100 valence electrons. The van der Waals surface area contributed by atoms with E-state index in [-0.39, 0.29) is 6.03 Å². The van der Waals surface area contributed by atoms with Crippen LogP contribution in [0.4, 0.5) is 4.79 Å². The van der Waals surface area contributed by atoms with Crippen LogP contribution in [0.5, 0.6) is 5.75 Å². The second-order valence-corrected chi connectivity index (χ2v) is 4.20. The summed E-state index contributed by atoms with van der Waals surface area (Å²) >= 11 is 0. The summed E-state index contributed by atoms with van der Waals surface area (Å²) in [6, 6.07) is 11.8. The lowest BCUT2D eigenvalue weighted by Gasteiger charge is -2.07.